The third kappa shape index (κ3) is 6.54. The fourth-order valence-corrected chi connectivity index (χ4v) is 9.38. The van der Waals surface area contributed by atoms with Crippen LogP contribution in [0.5, 0.6) is 0 Å². The second-order valence-corrected chi connectivity index (χ2v) is 16.3. The van der Waals surface area contributed by atoms with E-state index in [0.717, 1.165) is 34.1 Å². The molecule has 0 saturated heterocycles. The molecule has 2 nitrogen and oxygen atoms in total. The molecule has 0 heterocycles. The SMILES string of the molecule is Cc1ccc(-c2c3ccc4cc(N(c5ccccc5)c5ccccc5)ccc4c3c(-c3ccc(C)cc3)c3ccc4cc(N(c5ccccc5)c5ccccc5)ccc4c23)cc1. The van der Waals surface area contributed by atoms with Crippen LogP contribution in [0.3, 0.4) is 0 Å². The lowest BCUT2D eigenvalue weighted by molar-refractivity contribution is 1.29. The zero-order valence-corrected chi connectivity index (χ0v) is 34.8. The molecule has 11 aromatic carbocycles. The van der Waals surface area contributed by atoms with Gasteiger partial charge in [-0.3, -0.25) is 0 Å². The lowest BCUT2D eigenvalue weighted by Crippen LogP contribution is -2.09. The summed E-state index contributed by atoms with van der Waals surface area (Å²) >= 11 is 0. The van der Waals surface area contributed by atoms with Crippen LogP contribution in [0.2, 0.25) is 0 Å². The van der Waals surface area contributed by atoms with Crippen LogP contribution in [0.4, 0.5) is 34.1 Å². The van der Waals surface area contributed by atoms with Crippen molar-refractivity contribution in [3.8, 4) is 22.3 Å². The molecule has 11 aromatic rings. The first-order valence-corrected chi connectivity index (χ1v) is 21.4. The van der Waals surface area contributed by atoms with Gasteiger partial charge in [-0.1, -0.05) is 169 Å². The van der Waals surface area contributed by atoms with Gasteiger partial charge in [0.15, 0.2) is 0 Å². The van der Waals surface area contributed by atoms with Gasteiger partial charge in [-0.15, -0.1) is 0 Å². The molecule has 0 saturated carbocycles. The maximum atomic E-state index is 2.38. The Hall–Kier alpha value is -7.94. The number of rotatable bonds is 8. The van der Waals surface area contributed by atoms with Gasteiger partial charge in [-0.2, -0.15) is 0 Å². The van der Waals surface area contributed by atoms with Crippen molar-refractivity contribution in [3.63, 3.8) is 0 Å². The highest BCUT2D eigenvalue weighted by Gasteiger charge is 2.22. The third-order valence-electron chi connectivity index (χ3n) is 12.3. The number of aryl methyl sites for hydroxylation is 2. The molecular weight excluding hydrogens is 749 g/mol. The first-order valence-electron chi connectivity index (χ1n) is 21.4. The number of hydrogen-bond donors (Lipinski definition) is 0. The molecule has 0 amide bonds. The minimum Gasteiger partial charge on any atom is -0.310 e. The molecule has 0 spiro atoms. The van der Waals surface area contributed by atoms with Crippen molar-refractivity contribution < 1.29 is 0 Å². The summed E-state index contributed by atoms with van der Waals surface area (Å²) in [6, 6.07) is 84.3. The van der Waals surface area contributed by atoms with Crippen LogP contribution in [-0.2, 0) is 0 Å². The smallest absolute Gasteiger partial charge is 0.0468 e. The van der Waals surface area contributed by atoms with Gasteiger partial charge in [0.25, 0.3) is 0 Å². The molecule has 294 valence electrons. The number of nitrogens with zero attached hydrogens (tertiary/aromatic N) is 2. The molecule has 0 atom stereocenters. The van der Waals surface area contributed by atoms with Gasteiger partial charge in [-0.25, -0.2) is 0 Å². The molecule has 0 aromatic heterocycles. The van der Waals surface area contributed by atoms with Gasteiger partial charge in [0, 0.05) is 34.1 Å². The van der Waals surface area contributed by atoms with Gasteiger partial charge < -0.3 is 9.80 Å². The second kappa shape index (κ2) is 15.6. The van der Waals surface area contributed by atoms with Crippen molar-refractivity contribution in [1.82, 2.24) is 0 Å². The van der Waals surface area contributed by atoms with Crippen LogP contribution in [0.15, 0.2) is 231 Å². The predicted molar refractivity (Wildman–Crippen MR) is 266 cm³/mol. The van der Waals surface area contributed by atoms with E-state index in [2.05, 4.69) is 254 Å². The summed E-state index contributed by atoms with van der Waals surface area (Å²) < 4.78 is 0. The molecular formula is C60H44N2. The van der Waals surface area contributed by atoms with Crippen LogP contribution >= 0.6 is 0 Å². The third-order valence-corrected chi connectivity index (χ3v) is 12.3. The van der Waals surface area contributed by atoms with Crippen LogP contribution in [0, 0.1) is 13.8 Å². The zero-order valence-electron chi connectivity index (χ0n) is 34.8. The molecule has 62 heavy (non-hydrogen) atoms. The Morgan fingerprint density at radius 3 is 0.887 bits per heavy atom. The van der Waals surface area contributed by atoms with Crippen molar-refractivity contribution in [1.29, 1.82) is 0 Å². The maximum absolute atomic E-state index is 2.38. The van der Waals surface area contributed by atoms with Crippen LogP contribution in [0.1, 0.15) is 11.1 Å². The van der Waals surface area contributed by atoms with Crippen molar-refractivity contribution in [3.05, 3.63) is 242 Å². The highest BCUT2D eigenvalue weighted by Crippen LogP contribution is 2.50. The normalized spacial score (nSPS) is 11.4. The number of benzene rings is 11. The lowest BCUT2D eigenvalue weighted by atomic mass is 9.82. The molecule has 0 fully saturated rings. The second-order valence-electron chi connectivity index (χ2n) is 16.3. The van der Waals surface area contributed by atoms with E-state index < -0.39 is 0 Å². The van der Waals surface area contributed by atoms with E-state index in [4.69, 9.17) is 0 Å². The first kappa shape index (κ1) is 37.1. The molecule has 0 bridgehead atoms. The Labute approximate surface area is 363 Å². The summed E-state index contributed by atoms with van der Waals surface area (Å²) in [5, 5.41) is 9.87. The average Bonchev–Trinajstić information content (AvgIpc) is 3.33. The lowest BCUT2D eigenvalue weighted by Gasteiger charge is -2.27. The summed E-state index contributed by atoms with van der Waals surface area (Å²) in [6.45, 7) is 4.34. The predicted octanol–water partition coefficient (Wildman–Crippen LogP) is 17.2. The Kier molecular flexibility index (Phi) is 9.32. The van der Waals surface area contributed by atoms with E-state index in [1.165, 1.54) is 76.5 Å². The number of hydrogen-bond acceptors (Lipinski definition) is 2. The van der Waals surface area contributed by atoms with Gasteiger partial charge in [-0.05, 0) is 152 Å². The van der Waals surface area contributed by atoms with Crippen LogP contribution in [-0.4, -0.2) is 0 Å². The molecule has 0 aliphatic rings. The van der Waals surface area contributed by atoms with E-state index in [1.807, 2.05) is 0 Å². The van der Waals surface area contributed by atoms with Gasteiger partial charge in [0.1, 0.15) is 0 Å². The Morgan fingerprint density at radius 1 is 0.258 bits per heavy atom. The molecule has 0 unspecified atom stereocenters. The standard InChI is InChI=1S/C60H44N2/c1-41-23-27-43(28-24-41)57-55-35-31-46-40-52(62(49-19-11-5-12-20-49)50-21-13-6-14-22-50)34-38-54(46)60(55)58(44-29-25-42(2)26-30-44)56-36-32-45-39-51(33-37-53(45)59(56)57)61(47-15-7-3-8-16-47)48-17-9-4-10-18-48/h3-40H,1-2H3. The van der Waals surface area contributed by atoms with E-state index in [1.54, 1.807) is 0 Å². The monoisotopic (exact) mass is 792 g/mol. The Morgan fingerprint density at radius 2 is 0.565 bits per heavy atom. The van der Waals surface area contributed by atoms with Crippen LogP contribution in [0.25, 0.3) is 65.3 Å². The molecule has 11 rings (SSSR count). The van der Waals surface area contributed by atoms with Gasteiger partial charge >= 0.3 is 0 Å². The molecule has 2 heteroatoms. The average molecular weight is 793 g/mol. The number of fused-ring (bicyclic) bond motifs is 6. The number of anilines is 6. The summed E-state index contributed by atoms with van der Waals surface area (Å²) in [4.78, 5) is 4.69. The summed E-state index contributed by atoms with van der Waals surface area (Å²) in [7, 11) is 0. The quantitative estimate of drug-likeness (QED) is 0.112. The van der Waals surface area contributed by atoms with Crippen molar-refractivity contribution in [2.24, 2.45) is 0 Å². The van der Waals surface area contributed by atoms with Crippen molar-refractivity contribution in [2.45, 2.75) is 13.8 Å². The molecule has 0 aliphatic carbocycles. The minimum atomic E-state index is 1.12. The topological polar surface area (TPSA) is 6.48 Å². The Balaban J connectivity index is 1.22. The maximum Gasteiger partial charge on any atom is 0.0468 e. The van der Waals surface area contributed by atoms with E-state index in [9.17, 15) is 0 Å². The highest BCUT2D eigenvalue weighted by molar-refractivity contribution is 6.32. The van der Waals surface area contributed by atoms with E-state index in [0.29, 0.717) is 0 Å². The fourth-order valence-electron chi connectivity index (χ4n) is 9.38. The summed E-state index contributed by atoms with van der Waals surface area (Å²) in [5.41, 5.74) is 14.2. The van der Waals surface area contributed by atoms with E-state index >= 15 is 0 Å². The largest absolute Gasteiger partial charge is 0.310 e. The van der Waals surface area contributed by atoms with Crippen molar-refractivity contribution >= 4 is 77.2 Å². The summed E-state index contributed by atoms with van der Waals surface area (Å²) in [5.74, 6) is 0. The molecule has 0 radical (unpaired) electrons. The molecule has 0 aliphatic heterocycles. The summed E-state index contributed by atoms with van der Waals surface area (Å²) in [6.07, 6.45) is 0. The number of para-hydroxylation sites is 4. The highest BCUT2D eigenvalue weighted by atomic mass is 15.1. The first-order chi connectivity index (χ1) is 30.6. The molecule has 0 N–H and O–H groups in total. The van der Waals surface area contributed by atoms with Crippen molar-refractivity contribution in [2.75, 3.05) is 9.80 Å². The van der Waals surface area contributed by atoms with Gasteiger partial charge in [0.05, 0.1) is 0 Å². The minimum absolute atomic E-state index is 1.12. The van der Waals surface area contributed by atoms with Gasteiger partial charge in [0.2, 0.25) is 0 Å². The van der Waals surface area contributed by atoms with E-state index in [-0.39, 0.29) is 0 Å². The zero-order chi connectivity index (χ0) is 41.6. The fraction of sp³-hybridized carbons (Fsp3) is 0.0333. The Bertz CT molecular complexity index is 3070. The van der Waals surface area contributed by atoms with Crippen LogP contribution < -0.4 is 9.80 Å².